The van der Waals surface area contributed by atoms with Crippen molar-refractivity contribution < 1.29 is 31.2 Å². The third kappa shape index (κ3) is 4.40. The predicted octanol–water partition coefficient (Wildman–Crippen LogP) is 3.99. The van der Waals surface area contributed by atoms with E-state index >= 15 is 0 Å². The minimum absolute atomic E-state index is 0.0273. The van der Waals surface area contributed by atoms with E-state index in [1.165, 1.54) is 18.2 Å². The summed E-state index contributed by atoms with van der Waals surface area (Å²) in [7, 11) is -4.82. The van der Waals surface area contributed by atoms with E-state index in [4.69, 9.17) is 0 Å². The van der Waals surface area contributed by atoms with Crippen molar-refractivity contribution in [3.63, 3.8) is 0 Å². The molecule has 0 fully saturated rings. The Bertz CT molecular complexity index is 1290. The Morgan fingerprint density at radius 1 is 0.943 bits per heavy atom. The number of carbonyl (C=O) groups is 2. The fourth-order valence-electron chi connectivity index (χ4n) is 4.77. The van der Waals surface area contributed by atoms with Gasteiger partial charge in [0.05, 0.1) is 10.5 Å². The Balaban J connectivity index is 1.86. The largest absolute Gasteiger partial charge is 0.421 e. The van der Waals surface area contributed by atoms with Crippen molar-refractivity contribution in [2.45, 2.75) is 49.7 Å². The first kappa shape index (κ1) is 25.1. The quantitative estimate of drug-likeness (QED) is 0.642. The summed E-state index contributed by atoms with van der Waals surface area (Å²) in [5.41, 5.74) is -4.48. The van der Waals surface area contributed by atoms with Crippen LogP contribution in [-0.2, 0) is 26.0 Å². The number of halogens is 3. The highest BCUT2D eigenvalue weighted by Gasteiger charge is 2.72. The summed E-state index contributed by atoms with van der Waals surface area (Å²) < 4.78 is 72.2. The van der Waals surface area contributed by atoms with Crippen molar-refractivity contribution in [1.82, 2.24) is 9.62 Å². The minimum Gasteiger partial charge on any atom is -0.313 e. The number of rotatable bonds is 6. The lowest BCUT2D eigenvalue weighted by Crippen LogP contribution is -2.66. The number of ketones is 1. The third-order valence-electron chi connectivity index (χ3n) is 6.35. The van der Waals surface area contributed by atoms with Crippen molar-refractivity contribution in [3.8, 4) is 0 Å². The van der Waals surface area contributed by atoms with Crippen LogP contribution < -0.4 is 4.72 Å². The van der Waals surface area contributed by atoms with Gasteiger partial charge in [-0.15, -0.1) is 0 Å². The van der Waals surface area contributed by atoms with Gasteiger partial charge in [-0.1, -0.05) is 62.4 Å². The first-order valence-corrected chi connectivity index (χ1v) is 12.6. The number of benzene rings is 2. The number of Topliss-reactive ketones (excluding diaryl/α,β-unsaturated/α-hetero) is 1. The summed E-state index contributed by atoms with van der Waals surface area (Å²) in [6.45, 7) is 3.34. The molecule has 0 radical (unpaired) electrons. The number of hydrogen-bond donors (Lipinski definition) is 1. The fourth-order valence-corrected chi connectivity index (χ4v) is 6.12. The molecule has 1 N–H and O–H groups in total. The van der Waals surface area contributed by atoms with Crippen LogP contribution in [0.4, 0.5) is 13.2 Å². The summed E-state index contributed by atoms with van der Waals surface area (Å²) in [5, 5.41) is 0. The van der Waals surface area contributed by atoms with Gasteiger partial charge < -0.3 is 4.90 Å². The molecule has 1 amide bonds. The molecule has 1 heterocycles. The van der Waals surface area contributed by atoms with Gasteiger partial charge in [0.1, 0.15) is 0 Å². The van der Waals surface area contributed by atoms with Gasteiger partial charge >= 0.3 is 6.18 Å². The van der Waals surface area contributed by atoms with Crippen molar-refractivity contribution in [2.75, 3.05) is 6.54 Å². The van der Waals surface area contributed by atoms with E-state index in [0.29, 0.717) is 0 Å². The molecule has 0 saturated heterocycles. The van der Waals surface area contributed by atoms with Crippen LogP contribution in [0.15, 0.2) is 76.8 Å². The lowest BCUT2D eigenvalue weighted by atomic mass is 9.72. The van der Waals surface area contributed by atoms with Crippen molar-refractivity contribution in [2.24, 2.45) is 5.41 Å². The van der Waals surface area contributed by atoms with Crippen LogP contribution in [0, 0.1) is 5.41 Å². The highest BCUT2D eigenvalue weighted by Crippen LogP contribution is 2.52. The molecule has 6 nitrogen and oxygen atoms in total. The van der Waals surface area contributed by atoms with Gasteiger partial charge in [0, 0.05) is 18.7 Å². The number of amides is 1. The number of carbonyl (C=O) groups excluding carboxylic acids is 2. The molecule has 2 aliphatic rings. The molecule has 1 atom stereocenters. The lowest BCUT2D eigenvalue weighted by Gasteiger charge is -2.35. The van der Waals surface area contributed by atoms with Gasteiger partial charge in [0.15, 0.2) is 5.78 Å². The molecular formula is C25H25F3N2O4S. The van der Waals surface area contributed by atoms with Gasteiger partial charge in [0.2, 0.25) is 15.6 Å². The Kier molecular flexibility index (Phi) is 6.17. The van der Waals surface area contributed by atoms with E-state index in [9.17, 15) is 31.2 Å². The lowest BCUT2D eigenvalue weighted by molar-refractivity contribution is -0.188. The van der Waals surface area contributed by atoms with Gasteiger partial charge in [-0.3, -0.25) is 9.59 Å². The number of nitrogens with one attached hydrogen (secondary N) is 1. The Morgan fingerprint density at radius 3 is 2.09 bits per heavy atom. The average molecular weight is 507 g/mol. The molecule has 1 aliphatic carbocycles. The summed E-state index contributed by atoms with van der Waals surface area (Å²) in [6.07, 6.45) is -5.38. The standard InChI is InChI=1S/C25H25F3N2O4S/c1-23(2)15-19-21(20(31)16-23)24(25(26,27)28,29-35(33,34)18-11-7-4-8-12-18)22(32)30(19)14-13-17-9-5-3-6-10-17/h3-12,29H,13-16H2,1-2H3/t24-/m1/s1. The summed E-state index contributed by atoms with van der Waals surface area (Å²) in [4.78, 5) is 27.3. The zero-order chi connectivity index (χ0) is 25.6. The number of alkyl halides is 3. The second-order valence-electron chi connectivity index (χ2n) is 9.62. The van der Waals surface area contributed by atoms with Crippen molar-refractivity contribution in [3.05, 3.63) is 77.5 Å². The van der Waals surface area contributed by atoms with Crippen LogP contribution >= 0.6 is 0 Å². The highest BCUT2D eigenvalue weighted by atomic mass is 32.2. The Labute approximate surface area is 201 Å². The average Bonchev–Trinajstić information content (AvgIpc) is 3.00. The first-order valence-electron chi connectivity index (χ1n) is 11.1. The van der Waals surface area contributed by atoms with E-state index < -0.39 is 49.3 Å². The first-order chi connectivity index (χ1) is 16.3. The second-order valence-corrected chi connectivity index (χ2v) is 11.3. The van der Waals surface area contributed by atoms with E-state index in [1.807, 2.05) is 0 Å². The molecule has 0 bridgehead atoms. The molecule has 0 unspecified atom stereocenters. The molecule has 2 aromatic rings. The third-order valence-corrected chi connectivity index (χ3v) is 7.82. The maximum Gasteiger partial charge on any atom is 0.421 e. The van der Waals surface area contributed by atoms with Gasteiger partial charge in [-0.25, -0.2) is 8.42 Å². The monoisotopic (exact) mass is 506 g/mol. The summed E-state index contributed by atoms with van der Waals surface area (Å²) in [6, 6.07) is 15.4. The zero-order valence-corrected chi connectivity index (χ0v) is 20.0. The normalized spacial score (nSPS) is 22.5. The summed E-state index contributed by atoms with van der Waals surface area (Å²) in [5.74, 6) is -2.39. The smallest absolute Gasteiger partial charge is 0.313 e. The Morgan fingerprint density at radius 2 is 1.51 bits per heavy atom. The number of allylic oxidation sites excluding steroid dienone is 1. The number of hydrogen-bond acceptors (Lipinski definition) is 4. The Hall–Kier alpha value is -2.98. The molecule has 186 valence electrons. The summed E-state index contributed by atoms with van der Waals surface area (Å²) >= 11 is 0. The fraction of sp³-hybridized carbons (Fsp3) is 0.360. The van der Waals surface area contributed by atoms with Crippen LogP contribution in [0.3, 0.4) is 0 Å². The SMILES string of the molecule is CC1(C)CC(=O)C2=C(C1)N(CCc1ccccc1)C(=O)[C@@]2(NS(=O)(=O)c1ccccc1)C(F)(F)F. The molecule has 10 heteroatoms. The van der Waals surface area contributed by atoms with Crippen LogP contribution in [0.2, 0.25) is 0 Å². The van der Waals surface area contributed by atoms with E-state index in [1.54, 1.807) is 48.9 Å². The van der Waals surface area contributed by atoms with E-state index in [2.05, 4.69) is 0 Å². The van der Waals surface area contributed by atoms with E-state index in [-0.39, 0.29) is 31.5 Å². The van der Waals surface area contributed by atoms with Crippen molar-refractivity contribution in [1.29, 1.82) is 0 Å². The molecule has 35 heavy (non-hydrogen) atoms. The van der Waals surface area contributed by atoms with Gasteiger partial charge in [-0.2, -0.15) is 17.9 Å². The molecule has 0 saturated carbocycles. The molecule has 0 spiro atoms. The maximum absolute atomic E-state index is 14.8. The topological polar surface area (TPSA) is 83.6 Å². The van der Waals surface area contributed by atoms with Crippen LogP contribution in [0.1, 0.15) is 32.3 Å². The van der Waals surface area contributed by atoms with Gasteiger partial charge in [0.25, 0.3) is 5.91 Å². The molecule has 1 aliphatic heterocycles. The van der Waals surface area contributed by atoms with Crippen LogP contribution in [0.25, 0.3) is 0 Å². The van der Waals surface area contributed by atoms with Gasteiger partial charge in [-0.05, 0) is 36.0 Å². The zero-order valence-electron chi connectivity index (χ0n) is 19.2. The second kappa shape index (κ2) is 8.60. The molecular weight excluding hydrogens is 481 g/mol. The molecule has 2 aromatic carbocycles. The molecule has 0 aromatic heterocycles. The maximum atomic E-state index is 14.8. The molecule has 4 rings (SSSR count). The predicted molar refractivity (Wildman–Crippen MR) is 122 cm³/mol. The minimum atomic E-state index is -5.40. The van der Waals surface area contributed by atoms with Crippen LogP contribution in [0.5, 0.6) is 0 Å². The van der Waals surface area contributed by atoms with E-state index in [0.717, 1.165) is 22.6 Å². The highest BCUT2D eigenvalue weighted by molar-refractivity contribution is 7.89. The number of nitrogens with zero attached hydrogens (tertiary/aromatic N) is 1. The van der Waals surface area contributed by atoms with Crippen LogP contribution in [-0.4, -0.2) is 43.3 Å². The number of sulfonamides is 1. The van der Waals surface area contributed by atoms with Crippen molar-refractivity contribution >= 4 is 21.7 Å².